The molecule has 106 valence electrons. The van der Waals surface area contributed by atoms with E-state index in [2.05, 4.69) is 10.2 Å². The van der Waals surface area contributed by atoms with Crippen molar-refractivity contribution < 1.29 is 10.2 Å². The highest BCUT2D eigenvalue weighted by atomic mass is 16.3. The first-order valence-corrected chi connectivity index (χ1v) is 7.49. The van der Waals surface area contributed by atoms with E-state index in [1.54, 1.807) is 0 Å². The van der Waals surface area contributed by atoms with Crippen molar-refractivity contribution in [3.8, 4) is 0 Å². The van der Waals surface area contributed by atoms with Crippen LogP contribution in [0.3, 0.4) is 0 Å². The Kier molecular flexibility index (Phi) is 5.89. The van der Waals surface area contributed by atoms with Crippen LogP contribution >= 0.6 is 0 Å². The fraction of sp³-hybridized carbons (Fsp3) is 1.00. The number of likely N-dealkylation sites (tertiary alicyclic amines) is 1. The molecule has 2 atom stereocenters. The third-order valence-electron chi connectivity index (χ3n) is 4.13. The van der Waals surface area contributed by atoms with Crippen LogP contribution in [0.4, 0.5) is 0 Å². The van der Waals surface area contributed by atoms with Crippen LogP contribution in [0.2, 0.25) is 0 Å². The number of aliphatic hydroxyl groups is 2. The average molecular weight is 256 g/mol. The third-order valence-corrected chi connectivity index (χ3v) is 4.13. The van der Waals surface area contributed by atoms with Crippen LogP contribution in [0.15, 0.2) is 0 Å². The predicted octanol–water partition coefficient (Wildman–Crippen LogP) is 0.441. The molecule has 4 nitrogen and oxygen atoms in total. The van der Waals surface area contributed by atoms with Crippen LogP contribution < -0.4 is 5.32 Å². The summed E-state index contributed by atoms with van der Waals surface area (Å²) in [7, 11) is 0. The summed E-state index contributed by atoms with van der Waals surface area (Å²) in [5.74, 6) is 1.57. The molecule has 1 saturated carbocycles. The van der Waals surface area contributed by atoms with Gasteiger partial charge in [-0.05, 0) is 50.5 Å². The summed E-state index contributed by atoms with van der Waals surface area (Å²) in [6.07, 6.45) is 5.75. The Bertz CT molecular complexity index is 234. The Labute approximate surface area is 110 Å². The van der Waals surface area contributed by atoms with Crippen molar-refractivity contribution in [2.75, 3.05) is 39.4 Å². The smallest absolute Gasteiger partial charge is 0.0443 e. The van der Waals surface area contributed by atoms with Gasteiger partial charge in [0.2, 0.25) is 0 Å². The molecule has 0 amide bonds. The van der Waals surface area contributed by atoms with Crippen LogP contribution in [0, 0.1) is 11.8 Å². The zero-order valence-corrected chi connectivity index (χ0v) is 11.4. The summed E-state index contributed by atoms with van der Waals surface area (Å²) < 4.78 is 0. The normalized spacial score (nSPS) is 29.7. The van der Waals surface area contributed by atoms with Gasteiger partial charge in [-0.25, -0.2) is 0 Å². The van der Waals surface area contributed by atoms with Gasteiger partial charge >= 0.3 is 0 Å². The van der Waals surface area contributed by atoms with Gasteiger partial charge in [-0.3, -0.25) is 0 Å². The first kappa shape index (κ1) is 14.3. The lowest BCUT2D eigenvalue weighted by Crippen LogP contribution is -2.50. The second-order valence-electron chi connectivity index (χ2n) is 6.00. The molecule has 4 heteroatoms. The zero-order valence-electron chi connectivity index (χ0n) is 11.4. The van der Waals surface area contributed by atoms with Crippen molar-refractivity contribution in [2.45, 2.75) is 38.1 Å². The van der Waals surface area contributed by atoms with Gasteiger partial charge < -0.3 is 20.4 Å². The van der Waals surface area contributed by atoms with Gasteiger partial charge in [-0.1, -0.05) is 0 Å². The fourth-order valence-corrected chi connectivity index (χ4v) is 3.04. The lowest BCUT2D eigenvalue weighted by Gasteiger charge is -2.38. The lowest BCUT2D eigenvalue weighted by atomic mass is 9.91. The van der Waals surface area contributed by atoms with E-state index in [-0.39, 0.29) is 6.61 Å². The minimum atomic E-state index is 0.269. The van der Waals surface area contributed by atoms with Gasteiger partial charge in [0.25, 0.3) is 0 Å². The number of hydrogen-bond donors (Lipinski definition) is 3. The van der Waals surface area contributed by atoms with E-state index in [1.165, 1.54) is 25.8 Å². The summed E-state index contributed by atoms with van der Waals surface area (Å²) >= 11 is 0. The van der Waals surface area contributed by atoms with Gasteiger partial charge in [-0.2, -0.15) is 0 Å². The van der Waals surface area contributed by atoms with Crippen molar-refractivity contribution in [2.24, 2.45) is 11.8 Å². The van der Waals surface area contributed by atoms with E-state index in [1.807, 2.05) is 0 Å². The highest BCUT2D eigenvalue weighted by molar-refractivity contribution is 4.86. The van der Waals surface area contributed by atoms with E-state index < -0.39 is 0 Å². The molecule has 0 aromatic heterocycles. The van der Waals surface area contributed by atoms with Crippen LogP contribution in [-0.2, 0) is 0 Å². The first-order valence-electron chi connectivity index (χ1n) is 7.49. The van der Waals surface area contributed by atoms with Crippen LogP contribution in [0.5, 0.6) is 0 Å². The molecule has 0 spiro atoms. The summed E-state index contributed by atoms with van der Waals surface area (Å²) in [5, 5.41) is 21.5. The molecule has 1 saturated heterocycles. The quantitative estimate of drug-likeness (QED) is 0.552. The van der Waals surface area contributed by atoms with Gasteiger partial charge in [0.05, 0.1) is 0 Å². The fourth-order valence-electron chi connectivity index (χ4n) is 3.04. The monoisotopic (exact) mass is 256 g/mol. The molecule has 1 heterocycles. The number of hydrogen-bond acceptors (Lipinski definition) is 4. The summed E-state index contributed by atoms with van der Waals surface area (Å²) in [6.45, 7) is 5.04. The zero-order chi connectivity index (χ0) is 12.8. The molecule has 2 rings (SSSR count). The van der Waals surface area contributed by atoms with E-state index in [9.17, 15) is 0 Å². The molecule has 2 aliphatic rings. The van der Waals surface area contributed by atoms with Crippen molar-refractivity contribution >= 4 is 0 Å². The number of rotatable bonds is 8. The van der Waals surface area contributed by atoms with E-state index in [4.69, 9.17) is 10.2 Å². The van der Waals surface area contributed by atoms with Crippen molar-refractivity contribution in [1.82, 2.24) is 10.2 Å². The highest BCUT2D eigenvalue weighted by Gasteiger charge is 2.30. The van der Waals surface area contributed by atoms with Crippen molar-refractivity contribution in [3.05, 3.63) is 0 Å². The molecular formula is C14H28N2O2. The topological polar surface area (TPSA) is 55.7 Å². The highest BCUT2D eigenvalue weighted by Crippen LogP contribution is 2.31. The lowest BCUT2D eigenvalue weighted by molar-refractivity contribution is 0.116. The molecule has 0 aromatic carbocycles. The molecule has 0 bridgehead atoms. The van der Waals surface area contributed by atoms with Crippen LogP contribution in [0.25, 0.3) is 0 Å². The first-order chi connectivity index (χ1) is 8.81. The van der Waals surface area contributed by atoms with Crippen LogP contribution in [-0.4, -0.2) is 60.5 Å². The standard InChI is InChI=1S/C14H28N2O2/c17-6-1-5-15-14-8-13(4-7-18)10-16(11-14)9-12-2-3-12/h12-15,17-18H,1-11H2. The predicted molar refractivity (Wildman–Crippen MR) is 72.5 cm³/mol. The summed E-state index contributed by atoms with van der Waals surface area (Å²) in [5.41, 5.74) is 0. The van der Waals surface area contributed by atoms with Crippen LogP contribution in [0.1, 0.15) is 32.1 Å². The Morgan fingerprint density at radius 3 is 2.56 bits per heavy atom. The van der Waals surface area contributed by atoms with Gasteiger partial charge in [0, 0.05) is 38.9 Å². The van der Waals surface area contributed by atoms with Gasteiger partial charge in [0.1, 0.15) is 0 Å². The second kappa shape index (κ2) is 7.43. The van der Waals surface area contributed by atoms with Gasteiger partial charge in [0.15, 0.2) is 0 Å². The largest absolute Gasteiger partial charge is 0.396 e. The van der Waals surface area contributed by atoms with Crippen molar-refractivity contribution in [3.63, 3.8) is 0 Å². The van der Waals surface area contributed by atoms with E-state index in [0.29, 0.717) is 18.6 Å². The average Bonchev–Trinajstić information content (AvgIpc) is 3.13. The Hall–Kier alpha value is -0.160. The maximum Gasteiger partial charge on any atom is 0.0443 e. The molecule has 0 radical (unpaired) electrons. The Balaban J connectivity index is 1.76. The second-order valence-corrected chi connectivity index (χ2v) is 6.00. The molecule has 1 aliphatic carbocycles. The molecule has 2 fully saturated rings. The van der Waals surface area contributed by atoms with Gasteiger partial charge in [-0.15, -0.1) is 0 Å². The van der Waals surface area contributed by atoms with E-state index in [0.717, 1.165) is 38.4 Å². The van der Waals surface area contributed by atoms with Crippen molar-refractivity contribution in [1.29, 1.82) is 0 Å². The molecule has 1 aliphatic heterocycles. The minimum absolute atomic E-state index is 0.269. The maximum absolute atomic E-state index is 9.13. The molecular weight excluding hydrogens is 228 g/mol. The number of nitrogens with one attached hydrogen (secondary N) is 1. The Morgan fingerprint density at radius 2 is 1.89 bits per heavy atom. The number of aliphatic hydroxyl groups excluding tert-OH is 2. The minimum Gasteiger partial charge on any atom is -0.396 e. The number of nitrogens with zero attached hydrogens (tertiary/aromatic N) is 1. The third kappa shape index (κ3) is 4.84. The maximum atomic E-state index is 9.13. The molecule has 18 heavy (non-hydrogen) atoms. The summed E-state index contributed by atoms with van der Waals surface area (Å²) in [4.78, 5) is 2.58. The Morgan fingerprint density at radius 1 is 1.06 bits per heavy atom. The molecule has 2 unspecified atom stereocenters. The summed E-state index contributed by atoms with van der Waals surface area (Å²) in [6, 6.07) is 0.542. The number of piperidine rings is 1. The van der Waals surface area contributed by atoms with E-state index >= 15 is 0 Å². The molecule has 0 aromatic rings. The SMILES string of the molecule is OCCCNC1CC(CCO)CN(CC2CC2)C1. The molecule has 3 N–H and O–H groups in total.